The Hall–Kier alpha value is -4.33. The maximum atomic E-state index is 12.5. The highest BCUT2D eigenvalue weighted by atomic mass is 16.5. The van der Waals surface area contributed by atoms with Gasteiger partial charge < -0.3 is 14.4 Å². The van der Waals surface area contributed by atoms with E-state index in [2.05, 4.69) is 15.8 Å². The highest BCUT2D eigenvalue weighted by molar-refractivity contribution is 5.95. The zero-order chi connectivity index (χ0) is 21.6. The van der Waals surface area contributed by atoms with Crippen molar-refractivity contribution in [2.45, 2.75) is 13.2 Å². The maximum Gasteiger partial charge on any atom is 0.269 e. The van der Waals surface area contributed by atoms with Crippen LogP contribution in [0.2, 0.25) is 0 Å². The number of nitrogens with zero attached hydrogens (tertiary/aromatic N) is 2. The van der Waals surface area contributed by atoms with Crippen molar-refractivity contribution in [1.82, 2.24) is 20.4 Å². The Bertz CT molecular complexity index is 1220. The number of rotatable bonds is 6. The van der Waals surface area contributed by atoms with Crippen molar-refractivity contribution in [2.75, 3.05) is 0 Å². The van der Waals surface area contributed by atoms with Gasteiger partial charge in [0.2, 0.25) is 0 Å². The molecule has 31 heavy (non-hydrogen) atoms. The summed E-state index contributed by atoms with van der Waals surface area (Å²) in [6.45, 7) is 0.121. The molecule has 156 valence electrons. The van der Waals surface area contributed by atoms with Gasteiger partial charge in [0.25, 0.3) is 11.8 Å². The van der Waals surface area contributed by atoms with Crippen molar-refractivity contribution in [3.05, 3.63) is 90.3 Å². The summed E-state index contributed by atoms with van der Waals surface area (Å²) in [5.74, 6) is 0.278. The van der Waals surface area contributed by atoms with E-state index in [0.717, 1.165) is 11.0 Å². The molecule has 0 spiro atoms. The van der Waals surface area contributed by atoms with Crippen molar-refractivity contribution in [2.24, 2.45) is 0 Å². The molecule has 0 atom stereocenters. The lowest BCUT2D eigenvalue weighted by molar-refractivity contribution is -0.122. The second-order valence-corrected chi connectivity index (χ2v) is 6.76. The molecule has 2 amide bonds. The second-order valence-electron chi connectivity index (χ2n) is 6.76. The molecule has 0 unspecified atom stereocenters. The van der Waals surface area contributed by atoms with Crippen molar-refractivity contribution >= 4 is 22.8 Å². The number of para-hydroxylation sites is 3. The number of carbonyl (C=O) groups is 2. The third-order valence-electron chi connectivity index (χ3n) is 4.57. The predicted octanol–water partition coefficient (Wildman–Crippen LogP) is 2.78. The van der Waals surface area contributed by atoms with Crippen LogP contribution >= 0.6 is 0 Å². The van der Waals surface area contributed by atoms with Gasteiger partial charge in [-0.25, -0.2) is 4.98 Å². The highest BCUT2D eigenvalue weighted by Gasteiger charge is 2.15. The number of aromatic nitrogens is 2. The largest absolute Gasteiger partial charge is 0.508 e. The van der Waals surface area contributed by atoms with Gasteiger partial charge >= 0.3 is 0 Å². The van der Waals surface area contributed by atoms with E-state index in [0.29, 0.717) is 11.6 Å². The number of aromatic hydroxyl groups is 1. The number of nitrogens with one attached hydrogen (secondary N) is 2. The van der Waals surface area contributed by atoms with Crippen LogP contribution in [0.5, 0.6) is 11.5 Å². The SMILES string of the molecule is O=C(Cn1c(COc2ccccc2)nc2ccccc21)NNC(=O)c1cccc(O)c1. The van der Waals surface area contributed by atoms with E-state index in [9.17, 15) is 14.7 Å². The summed E-state index contributed by atoms with van der Waals surface area (Å²) in [5.41, 5.74) is 6.49. The molecule has 0 bridgehead atoms. The highest BCUT2D eigenvalue weighted by Crippen LogP contribution is 2.18. The molecule has 0 aliphatic heterocycles. The molecular formula is C23H20N4O4. The number of ether oxygens (including phenoxy) is 1. The van der Waals surface area contributed by atoms with Crippen molar-refractivity contribution < 1.29 is 19.4 Å². The van der Waals surface area contributed by atoms with Crippen LogP contribution in [0, 0.1) is 0 Å². The minimum atomic E-state index is -0.535. The lowest BCUT2D eigenvalue weighted by atomic mass is 10.2. The molecule has 3 aromatic carbocycles. The first-order valence-corrected chi connectivity index (χ1v) is 9.60. The number of imidazole rings is 1. The lowest BCUT2D eigenvalue weighted by Crippen LogP contribution is -2.43. The fourth-order valence-corrected chi connectivity index (χ4v) is 3.11. The van der Waals surface area contributed by atoms with Crippen molar-refractivity contribution in [1.29, 1.82) is 0 Å². The zero-order valence-electron chi connectivity index (χ0n) is 16.5. The van der Waals surface area contributed by atoms with E-state index >= 15 is 0 Å². The smallest absolute Gasteiger partial charge is 0.269 e. The second kappa shape index (κ2) is 9.00. The molecular weight excluding hydrogens is 396 g/mol. The van der Waals surface area contributed by atoms with Crippen LogP contribution in [0.15, 0.2) is 78.9 Å². The summed E-state index contributed by atoms with van der Waals surface area (Å²) < 4.78 is 7.55. The normalized spacial score (nSPS) is 10.6. The van der Waals surface area contributed by atoms with Crippen molar-refractivity contribution in [3.8, 4) is 11.5 Å². The fraction of sp³-hybridized carbons (Fsp3) is 0.0870. The summed E-state index contributed by atoms with van der Waals surface area (Å²) in [4.78, 5) is 29.3. The molecule has 8 heteroatoms. The van der Waals surface area contributed by atoms with E-state index in [1.54, 1.807) is 10.6 Å². The Kier molecular flexibility index (Phi) is 5.79. The fourth-order valence-electron chi connectivity index (χ4n) is 3.11. The van der Waals surface area contributed by atoms with Crippen LogP contribution in [0.1, 0.15) is 16.2 Å². The molecule has 4 aromatic rings. The number of phenolic OH excluding ortho intramolecular Hbond substituents is 1. The Morgan fingerprint density at radius 1 is 0.935 bits per heavy atom. The molecule has 0 fully saturated rings. The van der Waals surface area contributed by atoms with Gasteiger partial charge in [0, 0.05) is 5.56 Å². The number of hydrazine groups is 1. The van der Waals surface area contributed by atoms with Crippen LogP contribution in [-0.4, -0.2) is 26.5 Å². The quantitative estimate of drug-likeness (QED) is 0.419. The first kappa shape index (κ1) is 20.0. The first-order valence-electron chi connectivity index (χ1n) is 9.60. The van der Waals surface area contributed by atoms with Crippen molar-refractivity contribution in [3.63, 3.8) is 0 Å². The van der Waals surface area contributed by atoms with Crippen LogP contribution < -0.4 is 15.6 Å². The Balaban J connectivity index is 1.46. The van der Waals surface area contributed by atoms with Crippen LogP contribution in [0.25, 0.3) is 11.0 Å². The van der Waals surface area contributed by atoms with Gasteiger partial charge in [0.15, 0.2) is 0 Å². The first-order chi connectivity index (χ1) is 15.1. The summed E-state index contributed by atoms with van der Waals surface area (Å²) in [7, 11) is 0. The molecule has 0 radical (unpaired) electrons. The molecule has 3 N–H and O–H groups in total. The number of hydrogen-bond donors (Lipinski definition) is 3. The van der Waals surface area contributed by atoms with Gasteiger partial charge in [-0.05, 0) is 42.5 Å². The van der Waals surface area contributed by atoms with Crippen LogP contribution in [0.4, 0.5) is 0 Å². The number of fused-ring (bicyclic) bond motifs is 1. The van der Waals surface area contributed by atoms with Crippen LogP contribution in [-0.2, 0) is 17.9 Å². The van der Waals surface area contributed by atoms with Gasteiger partial charge in [0.05, 0.1) is 11.0 Å². The van der Waals surface area contributed by atoms with Gasteiger partial charge in [-0.2, -0.15) is 0 Å². The van der Waals surface area contributed by atoms with Gasteiger partial charge in [-0.15, -0.1) is 0 Å². The zero-order valence-corrected chi connectivity index (χ0v) is 16.5. The third-order valence-corrected chi connectivity index (χ3v) is 4.57. The van der Waals surface area contributed by atoms with Crippen LogP contribution in [0.3, 0.4) is 0 Å². The third kappa shape index (κ3) is 4.81. The molecule has 0 aliphatic carbocycles. The minimum Gasteiger partial charge on any atom is -0.508 e. The molecule has 1 heterocycles. The molecule has 4 rings (SSSR count). The number of amides is 2. The average molecular weight is 416 g/mol. The number of benzene rings is 3. The lowest BCUT2D eigenvalue weighted by Gasteiger charge is -2.12. The monoisotopic (exact) mass is 416 g/mol. The average Bonchev–Trinajstić information content (AvgIpc) is 3.14. The van der Waals surface area contributed by atoms with E-state index < -0.39 is 11.8 Å². The summed E-state index contributed by atoms with van der Waals surface area (Å²) >= 11 is 0. The maximum absolute atomic E-state index is 12.5. The summed E-state index contributed by atoms with van der Waals surface area (Å²) in [6, 6.07) is 22.6. The topological polar surface area (TPSA) is 105 Å². The standard InChI is InChI=1S/C23H20N4O4/c28-17-8-6-7-16(13-17)23(30)26-25-22(29)14-27-20-12-5-4-11-19(20)24-21(27)15-31-18-9-2-1-3-10-18/h1-13,28H,14-15H2,(H,25,29)(H,26,30). The van der Waals surface area contributed by atoms with E-state index in [4.69, 9.17) is 4.74 Å². The molecule has 0 aliphatic rings. The number of carbonyl (C=O) groups excluding carboxylic acids is 2. The number of phenols is 1. The minimum absolute atomic E-state index is 0.0353. The van der Waals surface area contributed by atoms with Gasteiger partial charge in [0.1, 0.15) is 30.5 Å². The predicted molar refractivity (Wildman–Crippen MR) is 114 cm³/mol. The summed E-state index contributed by atoms with van der Waals surface area (Å²) in [5, 5.41) is 9.49. The molecule has 8 nitrogen and oxygen atoms in total. The summed E-state index contributed by atoms with van der Waals surface area (Å²) in [6.07, 6.45) is 0. The number of hydrogen-bond acceptors (Lipinski definition) is 5. The molecule has 0 saturated carbocycles. The Morgan fingerprint density at radius 2 is 1.71 bits per heavy atom. The Morgan fingerprint density at radius 3 is 2.52 bits per heavy atom. The Labute approximate surface area is 178 Å². The van der Waals surface area contributed by atoms with Gasteiger partial charge in [-0.1, -0.05) is 36.4 Å². The van der Waals surface area contributed by atoms with E-state index in [1.165, 1.54) is 18.2 Å². The molecule has 1 aromatic heterocycles. The van der Waals surface area contributed by atoms with E-state index in [1.807, 2.05) is 54.6 Å². The van der Waals surface area contributed by atoms with Gasteiger partial charge in [-0.3, -0.25) is 20.4 Å². The van der Waals surface area contributed by atoms with E-state index in [-0.39, 0.29) is 24.5 Å². The molecule has 0 saturated heterocycles.